The Hall–Kier alpha value is -2.29. The zero-order chi connectivity index (χ0) is 22.6. The molecule has 2 aliphatic heterocycles. The summed E-state index contributed by atoms with van der Waals surface area (Å²) in [4.78, 5) is 24.9. The van der Waals surface area contributed by atoms with E-state index < -0.39 is 0 Å². The number of nitrogens with zero attached hydrogens (tertiary/aromatic N) is 3. The van der Waals surface area contributed by atoms with E-state index in [1.165, 1.54) is 19.3 Å². The van der Waals surface area contributed by atoms with Crippen molar-refractivity contribution in [2.75, 3.05) is 13.1 Å². The van der Waals surface area contributed by atoms with Gasteiger partial charge in [0, 0.05) is 18.9 Å². The number of carbonyl (C=O) groups is 2. The summed E-state index contributed by atoms with van der Waals surface area (Å²) in [6.45, 7) is 2.91. The lowest BCUT2D eigenvalue weighted by molar-refractivity contribution is -0.130. The Morgan fingerprint density at radius 1 is 1.09 bits per heavy atom. The van der Waals surface area contributed by atoms with Crippen molar-refractivity contribution in [3.63, 3.8) is 0 Å². The fraction of sp³-hybridized carbons (Fsp3) is 0.783. The first-order valence-electron chi connectivity index (χ1n) is 12.3. The zero-order valence-corrected chi connectivity index (χ0v) is 19.2. The summed E-state index contributed by atoms with van der Waals surface area (Å²) in [7, 11) is 0. The third-order valence-electron chi connectivity index (χ3n) is 6.50. The molecule has 0 aliphatic carbocycles. The quantitative estimate of drug-likeness (QED) is 0.281. The van der Waals surface area contributed by atoms with Crippen LogP contribution in [0.25, 0.3) is 0 Å². The van der Waals surface area contributed by atoms with Gasteiger partial charge in [0.05, 0.1) is 24.7 Å². The van der Waals surface area contributed by atoms with Crippen LogP contribution in [0.3, 0.4) is 0 Å². The van der Waals surface area contributed by atoms with Gasteiger partial charge in [0.2, 0.25) is 11.8 Å². The molecule has 2 saturated heterocycles. The normalized spacial score (nSPS) is 24.3. The van der Waals surface area contributed by atoms with E-state index in [0.29, 0.717) is 6.54 Å². The summed E-state index contributed by atoms with van der Waals surface area (Å²) in [5, 5.41) is 19.6. The van der Waals surface area contributed by atoms with Crippen LogP contribution >= 0.6 is 0 Å². The van der Waals surface area contributed by atoms with Crippen molar-refractivity contribution in [2.24, 2.45) is 11.8 Å². The minimum atomic E-state index is -0.166. The van der Waals surface area contributed by atoms with E-state index >= 15 is 0 Å². The standard InChI is InChI=1S/C23H38N6O3/c1-2-3-4-7-10-15-24-21(30)16-25-23(31)22-17(18-13-14-19(22)32-18)11-8-5-6-9-12-20-26-28-29-27-20/h5,8,17-19,22H,2-4,6-7,9-16H2,1H3,(H,24,30)(H,25,31)(H,26,27,28,29)/b8-5-/t17-,18+,19-,22-/m0/s1. The van der Waals surface area contributed by atoms with Gasteiger partial charge in [-0.3, -0.25) is 9.59 Å². The average molecular weight is 447 g/mol. The van der Waals surface area contributed by atoms with Crippen LogP contribution in [0.2, 0.25) is 0 Å². The van der Waals surface area contributed by atoms with E-state index in [2.05, 4.69) is 50.3 Å². The number of aromatic amines is 1. The topological polar surface area (TPSA) is 122 Å². The van der Waals surface area contributed by atoms with Crippen LogP contribution in [0, 0.1) is 11.8 Å². The highest BCUT2D eigenvalue weighted by atomic mass is 16.5. The first-order chi connectivity index (χ1) is 15.7. The minimum absolute atomic E-state index is 0.0148. The van der Waals surface area contributed by atoms with E-state index in [1.807, 2.05) is 0 Å². The first kappa shape index (κ1) is 24.4. The highest BCUT2D eigenvalue weighted by Crippen LogP contribution is 2.45. The molecule has 0 saturated carbocycles. The zero-order valence-electron chi connectivity index (χ0n) is 19.2. The number of aromatic nitrogens is 4. The molecule has 0 aromatic carbocycles. The molecular weight excluding hydrogens is 408 g/mol. The molecule has 2 aliphatic rings. The number of amides is 2. The smallest absolute Gasteiger partial charge is 0.239 e. The molecule has 2 amide bonds. The monoisotopic (exact) mass is 446 g/mol. The maximum absolute atomic E-state index is 12.8. The third-order valence-corrected chi connectivity index (χ3v) is 6.50. The summed E-state index contributed by atoms with van der Waals surface area (Å²) < 4.78 is 6.04. The maximum Gasteiger partial charge on any atom is 0.239 e. The summed E-state index contributed by atoms with van der Waals surface area (Å²) in [5.74, 6) is 0.658. The number of hydrogen-bond donors (Lipinski definition) is 3. The predicted octanol–water partition coefficient (Wildman–Crippen LogP) is 2.47. The molecule has 0 radical (unpaired) electrons. The van der Waals surface area contributed by atoms with Gasteiger partial charge in [-0.2, -0.15) is 0 Å². The molecule has 2 bridgehead atoms. The second-order valence-electron chi connectivity index (χ2n) is 8.91. The Morgan fingerprint density at radius 3 is 2.75 bits per heavy atom. The molecule has 2 fully saturated rings. The molecule has 178 valence electrons. The van der Waals surface area contributed by atoms with Gasteiger partial charge >= 0.3 is 0 Å². The lowest BCUT2D eigenvalue weighted by Crippen LogP contribution is -2.44. The second kappa shape index (κ2) is 13.3. The van der Waals surface area contributed by atoms with E-state index in [1.54, 1.807) is 0 Å². The van der Waals surface area contributed by atoms with E-state index in [0.717, 1.165) is 57.2 Å². The molecule has 0 unspecified atom stereocenters. The molecular formula is C23H38N6O3. The average Bonchev–Trinajstić information content (AvgIpc) is 3.55. The van der Waals surface area contributed by atoms with Gasteiger partial charge in [-0.1, -0.05) is 44.8 Å². The van der Waals surface area contributed by atoms with Crippen LogP contribution in [-0.2, 0) is 20.7 Å². The molecule has 4 atom stereocenters. The molecule has 3 rings (SSSR count). The highest BCUT2D eigenvalue weighted by molar-refractivity contribution is 5.86. The van der Waals surface area contributed by atoms with Crippen LogP contribution in [0.5, 0.6) is 0 Å². The number of carbonyl (C=O) groups excluding carboxylic acids is 2. The SMILES string of the molecule is CCCCCCCNC(=O)CNC(=O)[C@H]1[C@@H](C/C=C\CCCc2nnn[nH]2)[C@H]2CC[C@@H]1O2. The van der Waals surface area contributed by atoms with Crippen molar-refractivity contribution in [3.05, 3.63) is 18.0 Å². The van der Waals surface area contributed by atoms with Gasteiger partial charge in [-0.25, -0.2) is 5.10 Å². The maximum atomic E-state index is 12.8. The van der Waals surface area contributed by atoms with Crippen molar-refractivity contribution in [1.29, 1.82) is 0 Å². The van der Waals surface area contributed by atoms with E-state index in [-0.39, 0.29) is 42.4 Å². The Labute approximate surface area is 190 Å². The molecule has 9 heteroatoms. The Kier molecular flexibility index (Phi) is 10.1. The minimum Gasteiger partial charge on any atom is -0.374 e. The van der Waals surface area contributed by atoms with Crippen molar-refractivity contribution in [1.82, 2.24) is 31.3 Å². The lowest BCUT2D eigenvalue weighted by atomic mass is 9.77. The molecule has 3 heterocycles. The number of rotatable bonds is 15. The molecule has 9 nitrogen and oxygen atoms in total. The van der Waals surface area contributed by atoms with Gasteiger partial charge in [-0.15, -0.1) is 5.10 Å². The third kappa shape index (κ3) is 7.39. The molecule has 3 N–H and O–H groups in total. The molecule has 1 aromatic rings. The van der Waals surface area contributed by atoms with Crippen molar-refractivity contribution in [3.8, 4) is 0 Å². The van der Waals surface area contributed by atoms with Gasteiger partial charge < -0.3 is 15.4 Å². The van der Waals surface area contributed by atoms with Crippen LogP contribution in [0.4, 0.5) is 0 Å². The highest BCUT2D eigenvalue weighted by Gasteiger charge is 2.51. The number of allylic oxidation sites excluding steroid dienone is 2. The number of tetrazole rings is 1. The number of nitrogens with one attached hydrogen (secondary N) is 3. The summed E-state index contributed by atoms with van der Waals surface area (Å²) >= 11 is 0. The van der Waals surface area contributed by atoms with Crippen molar-refractivity contribution in [2.45, 2.75) is 89.8 Å². The Balaban J connectivity index is 1.34. The van der Waals surface area contributed by atoms with Crippen LogP contribution in [0.15, 0.2) is 12.2 Å². The fourth-order valence-electron chi connectivity index (χ4n) is 4.78. The first-order valence-corrected chi connectivity index (χ1v) is 12.3. The number of unbranched alkanes of at least 4 members (excludes halogenated alkanes) is 5. The van der Waals surface area contributed by atoms with Crippen molar-refractivity contribution >= 4 is 11.8 Å². The van der Waals surface area contributed by atoms with Crippen LogP contribution in [0.1, 0.15) is 77.0 Å². The summed E-state index contributed by atoms with van der Waals surface area (Å²) in [6.07, 6.45) is 15.8. The van der Waals surface area contributed by atoms with Gasteiger partial charge in [0.1, 0.15) is 5.82 Å². The largest absolute Gasteiger partial charge is 0.374 e. The number of fused-ring (bicyclic) bond motifs is 2. The Bertz CT molecular complexity index is 723. The van der Waals surface area contributed by atoms with E-state index in [4.69, 9.17) is 4.74 Å². The second-order valence-corrected chi connectivity index (χ2v) is 8.91. The lowest BCUT2D eigenvalue weighted by Gasteiger charge is -2.26. The van der Waals surface area contributed by atoms with E-state index in [9.17, 15) is 9.59 Å². The predicted molar refractivity (Wildman–Crippen MR) is 121 cm³/mol. The molecule has 32 heavy (non-hydrogen) atoms. The molecule has 0 spiro atoms. The molecule has 1 aromatic heterocycles. The summed E-state index contributed by atoms with van der Waals surface area (Å²) in [5.41, 5.74) is 0. The van der Waals surface area contributed by atoms with Crippen molar-refractivity contribution < 1.29 is 14.3 Å². The van der Waals surface area contributed by atoms with Crippen LogP contribution in [-0.4, -0.2) is 57.7 Å². The number of hydrogen-bond acceptors (Lipinski definition) is 6. The summed E-state index contributed by atoms with van der Waals surface area (Å²) in [6, 6.07) is 0. The number of H-pyrrole nitrogens is 1. The van der Waals surface area contributed by atoms with Gasteiger partial charge in [-0.05, 0) is 49.0 Å². The fourth-order valence-corrected chi connectivity index (χ4v) is 4.78. The number of ether oxygens (including phenoxy) is 1. The van der Waals surface area contributed by atoms with Gasteiger partial charge in [0.25, 0.3) is 0 Å². The Morgan fingerprint density at radius 2 is 1.94 bits per heavy atom. The van der Waals surface area contributed by atoms with Crippen LogP contribution < -0.4 is 10.6 Å². The number of aryl methyl sites for hydroxylation is 1. The van der Waals surface area contributed by atoms with Gasteiger partial charge in [0.15, 0.2) is 0 Å².